The predicted octanol–water partition coefficient (Wildman–Crippen LogP) is -1.41. The highest BCUT2D eigenvalue weighted by atomic mass is 16.5. The molecule has 5 heteroatoms. The van der Waals surface area contributed by atoms with E-state index in [0.29, 0.717) is 13.0 Å². The Morgan fingerprint density at radius 2 is 2.25 bits per heavy atom. The minimum atomic E-state index is -0.956. The summed E-state index contributed by atoms with van der Waals surface area (Å²) >= 11 is 0. The number of hydrogen-bond acceptors (Lipinski definition) is 5. The van der Waals surface area contributed by atoms with Crippen LogP contribution in [0.5, 0.6) is 0 Å². The topological polar surface area (TPSA) is 98.6 Å². The molecule has 0 spiro atoms. The van der Waals surface area contributed by atoms with Crippen LogP contribution in [0, 0.1) is 0 Å². The third kappa shape index (κ3) is 4.27. The smallest absolute Gasteiger partial charge is 0.325 e. The summed E-state index contributed by atoms with van der Waals surface area (Å²) in [4.78, 5) is 10.9. The quantitative estimate of drug-likeness (QED) is 0.353. The van der Waals surface area contributed by atoms with E-state index in [0.717, 1.165) is 0 Å². The first-order chi connectivity index (χ1) is 5.59. The number of hydrogen-bond donors (Lipinski definition) is 3. The highest BCUT2D eigenvalue weighted by molar-refractivity contribution is 5.76. The lowest BCUT2D eigenvalue weighted by Gasteiger charge is -2.13. The lowest BCUT2D eigenvalue weighted by molar-refractivity contribution is -0.147. The van der Waals surface area contributed by atoms with Gasteiger partial charge in [-0.15, -0.1) is 0 Å². The largest absolute Gasteiger partial charge is 0.464 e. The Hall–Kier alpha value is -0.650. The molecule has 0 saturated heterocycles. The van der Waals surface area contributed by atoms with Gasteiger partial charge in [0.25, 0.3) is 0 Å². The second-order valence-electron chi connectivity index (χ2n) is 2.58. The number of rotatable bonds is 5. The van der Waals surface area contributed by atoms with E-state index >= 15 is 0 Å². The van der Waals surface area contributed by atoms with Gasteiger partial charge in [0.2, 0.25) is 0 Å². The van der Waals surface area contributed by atoms with Crippen molar-refractivity contribution in [1.82, 2.24) is 0 Å². The van der Waals surface area contributed by atoms with E-state index in [-0.39, 0.29) is 6.61 Å². The molecule has 5 N–H and O–H groups in total. The van der Waals surface area contributed by atoms with E-state index in [9.17, 15) is 4.79 Å². The van der Waals surface area contributed by atoms with Crippen molar-refractivity contribution < 1.29 is 14.6 Å². The molecule has 0 aliphatic carbocycles. The summed E-state index contributed by atoms with van der Waals surface area (Å²) in [5.41, 5.74) is 10.5. The van der Waals surface area contributed by atoms with Crippen molar-refractivity contribution in [3.8, 4) is 0 Å². The van der Waals surface area contributed by atoms with Crippen LogP contribution < -0.4 is 11.5 Å². The zero-order valence-corrected chi connectivity index (χ0v) is 7.19. The fourth-order valence-corrected chi connectivity index (χ4v) is 0.549. The molecule has 0 aliphatic rings. The summed E-state index contributed by atoms with van der Waals surface area (Å²) in [6.45, 7) is 2.17. The van der Waals surface area contributed by atoms with Crippen LogP contribution in [0.15, 0.2) is 0 Å². The molecule has 0 bridgehead atoms. The van der Waals surface area contributed by atoms with Crippen LogP contribution in [-0.2, 0) is 9.53 Å². The maximum Gasteiger partial charge on any atom is 0.325 e. The molecule has 0 heterocycles. The Labute approximate surface area is 71.7 Å². The molecule has 0 fully saturated rings. The lowest BCUT2D eigenvalue weighted by Crippen LogP contribution is -2.41. The molecule has 12 heavy (non-hydrogen) atoms. The number of esters is 1. The molecule has 0 saturated carbocycles. The molecule has 0 aromatic rings. The monoisotopic (exact) mass is 176 g/mol. The molecule has 0 aliphatic heterocycles. The van der Waals surface area contributed by atoms with Gasteiger partial charge in [-0.05, 0) is 19.9 Å². The van der Waals surface area contributed by atoms with E-state index in [4.69, 9.17) is 21.3 Å². The summed E-state index contributed by atoms with van der Waals surface area (Å²) in [6, 6.07) is -0.956. The van der Waals surface area contributed by atoms with Crippen LogP contribution in [0.25, 0.3) is 0 Å². The van der Waals surface area contributed by atoms with Crippen molar-refractivity contribution in [3.63, 3.8) is 0 Å². The second kappa shape index (κ2) is 5.93. The average molecular weight is 176 g/mol. The molecule has 0 amide bonds. The van der Waals surface area contributed by atoms with Crippen LogP contribution in [0.3, 0.4) is 0 Å². The molecular weight excluding hydrogens is 160 g/mol. The number of nitrogens with two attached hydrogens (primary N) is 2. The van der Waals surface area contributed by atoms with E-state index in [1.165, 1.54) is 6.92 Å². The Bertz CT molecular complexity index is 139. The van der Waals surface area contributed by atoms with Crippen LogP contribution >= 0.6 is 0 Å². The Kier molecular flexibility index (Phi) is 5.61. The Balaban J connectivity index is 3.57. The van der Waals surface area contributed by atoms with E-state index in [1.54, 1.807) is 0 Å². The van der Waals surface area contributed by atoms with Gasteiger partial charge in [0, 0.05) is 0 Å². The minimum Gasteiger partial charge on any atom is -0.464 e. The van der Waals surface area contributed by atoms with Crippen molar-refractivity contribution in [1.29, 1.82) is 0 Å². The van der Waals surface area contributed by atoms with E-state index in [1.807, 2.05) is 0 Å². The molecule has 0 aromatic carbocycles. The first-order valence-electron chi connectivity index (χ1n) is 3.90. The summed E-state index contributed by atoms with van der Waals surface area (Å²) in [7, 11) is 0. The van der Waals surface area contributed by atoms with Gasteiger partial charge in [0.1, 0.15) is 6.04 Å². The number of ether oxygens (including phenoxy) is 1. The average Bonchev–Trinajstić information content (AvgIpc) is 2.03. The first kappa shape index (κ1) is 11.4. The van der Waals surface area contributed by atoms with Gasteiger partial charge in [0.05, 0.1) is 12.7 Å². The number of aliphatic hydroxyl groups is 1. The van der Waals surface area contributed by atoms with Crippen LogP contribution in [0.2, 0.25) is 0 Å². The maximum atomic E-state index is 10.9. The van der Waals surface area contributed by atoms with Crippen molar-refractivity contribution in [2.75, 3.05) is 13.2 Å². The van der Waals surface area contributed by atoms with Gasteiger partial charge in [-0.2, -0.15) is 0 Å². The number of aliphatic hydroxyl groups excluding tert-OH is 1. The highest BCUT2D eigenvalue weighted by Crippen LogP contribution is 1.93. The molecular formula is C7H16N2O3. The van der Waals surface area contributed by atoms with Crippen LogP contribution in [0.4, 0.5) is 0 Å². The van der Waals surface area contributed by atoms with E-state index in [2.05, 4.69) is 0 Å². The third-order valence-electron chi connectivity index (χ3n) is 1.38. The molecule has 5 nitrogen and oxygen atoms in total. The normalized spacial score (nSPS) is 15.3. The molecule has 0 unspecified atom stereocenters. The SMILES string of the molecule is C[C@@H](O)[C@H](N)C(=O)OCCCN. The zero-order chi connectivity index (χ0) is 9.56. The zero-order valence-electron chi connectivity index (χ0n) is 7.19. The van der Waals surface area contributed by atoms with Crippen molar-refractivity contribution >= 4 is 5.97 Å². The number of carbonyl (C=O) groups is 1. The maximum absolute atomic E-state index is 10.9. The fourth-order valence-electron chi connectivity index (χ4n) is 0.549. The Morgan fingerprint density at radius 3 is 2.67 bits per heavy atom. The predicted molar refractivity (Wildman–Crippen MR) is 44.3 cm³/mol. The molecule has 0 rings (SSSR count). The van der Waals surface area contributed by atoms with Crippen molar-refractivity contribution in [3.05, 3.63) is 0 Å². The third-order valence-corrected chi connectivity index (χ3v) is 1.38. The first-order valence-corrected chi connectivity index (χ1v) is 3.90. The molecule has 0 radical (unpaired) electrons. The van der Waals surface area contributed by atoms with Gasteiger partial charge in [-0.25, -0.2) is 0 Å². The summed E-state index contributed by atoms with van der Waals surface area (Å²) in [6.07, 6.45) is -0.270. The minimum absolute atomic E-state index is 0.260. The summed E-state index contributed by atoms with van der Waals surface area (Å²) in [5.74, 6) is -0.585. The standard InChI is InChI=1S/C7H16N2O3/c1-5(10)6(9)7(11)12-4-2-3-8/h5-6,10H,2-4,8-9H2,1H3/t5-,6+/m1/s1. The fraction of sp³-hybridized carbons (Fsp3) is 0.857. The van der Waals surface area contributed by atoms with Gasteiger partial charge in [0.15, 0.2) is 0 Å². The van der Waals surface area contributed by atoms with Gasteiger partial charge < -0.3 is 21.3 Å². The van der Waals surface area contributed by atoms with Crippen LogP contribution in [-0.4, -0.2) is 36.4 Å². The Morgan fingerprint density at radius 1 is 1.67 bits per heavy atom. The van der Waals surface area contributed by atoms with E-state index < -0.39 is 18.1 Å². The second-order valence-corrected chi connectivity index (χ2v) is 2.58. The van der Waals surface area contributed by atoms with Gasteiger partial charge in [-0.1, -0.05) is 0 Å². The summed E-state index contributed by atoms with van der Waals surface area (Å²) in [5, 5.41) is 8.90. The lowest BCUT2D eigenvalue weighted by atomic mass is 10.2. The van der Waals surface area contributed by atoms with Crippen molar-refractivity contribution in [2.24, 2.45) is 11.5 Å². The molecule has 0 aromatic heterocycles. The number of carbonyl (C=O) groups excluding carboxylic acids is 1. The molecule has 72 valence electrons. The van der Waals surface area contributed by atoms with Gasteiger partial charge in [-0.3, -0.25) is 4.79 Å². The molecule has 2 atom stereocenters. The highest BCUT2D eigenvalue weighted by Gasteiger charge is 2.19. The summed E-state index contributed by atoms with van der Waals surface area (Å²) < 4.78 is 4.70. The van der Waals surface area contributed by atoms with Gasteiger partial charge >= 0.3 is 5.97 Å². The van der Waals surface area contributed by atoms with Crippen molar-refractivity contribution in [2.45, 2.75) is 25.5 Å². The van der Waals surface area contributed by atoms with Crippen LogP contribution in [0.1, 0.15) is 13.3 Å².